The highest BCUT2D eigenvalue weighted by atomic mass is 16.5. The number of ether oxygens (including phenoxy) is 3. The molecule has 2 heterocycles. The average molecular weight is 384 g/mol. The van der Waals surface area contributed by atoms with Gasteiger partial charge in [0.05, 0.1) is 25.4 Å². The van der Waals surface area contributed by atoms with E-state index in [-0.39, 0.29) is 12.1 Å². The van der Waals surface area contributed by atoms with Crippen LogP contribution in [-0.4, -0.2) is 75.0 Å². The van der Waals surface area contributed by atoms with E-state index in [4.69, 9.17) is 14.2 Å². The van der Waals surface area contributed by atoms with E-state index < -0.39 is 0 Å². The van der Waals surface area contributed by atoms with Crippen LogP contribution in [0.3, 0.4) is 0 Å². The van der Waals surface area contributed by atoms with Crippen molar-refractivity contribution in [2.24, 2.45) is 4.99 Å². The zero-order valence-corrected chi connectivity index (χ0v) is 17.1. The average Bonchev–Trinajstić information content (AvgIpc) is 2.70. The first-order chi connectivity index (χ1) is 13.2. The third-order valence-electron chi connectivity index (χ3n) is 4.97. The van der Waals surface area contributed by atoms with Crippen LogP contribution in [0.5, 0.6) is 0 Å². The van der Waals surface area contributed by atoms with Crippen LogP contribution >= 0.6 is 0 Å². The fourth-order valence-corrected chi connectivity index (χ4v) is 3.48. The van der Waals surface area contributed by atoms with E-state index in [2.05, 4.69) is 22.1 Å². The fraction of sp³-hybridized carbons (Fsp3) is 0.900. The molecular formula is C20H37N3O4. The maximum Gasteiger partial charge on any atom is 0.305 e. The molecule has 0 saturated carbocycles. The second-order valence-corrected chi connectivity index (χ2v) is 7.15. The van der Waals surface area contributed by atoms with Crippen molar-refractivity contribution >= 4 is 11.9 Å². The topological polar surface area (TPSA) is 72.4 Å². The molecule has 0 aliphatic carbocycles. The van der Waals surface area contributed by atoms with Crippen molar-refractivity contribution < 1.29 is 19.0 Å². The molecule has 27 heavy (non-hydrogen) atoms. The van der Waals surface area contributed by atoms with Crippen LogP contribution in [0.25, 0.3) is 0 Å². The third-order valence-corrected chi connectivity index (χ3v) is 4.97. The molecule has 2 aliphatic heterocycles. The summed E-state index contributed by atoms with van der Waals surface area (Å²) in [5, 5.41) is 3.36. The molecule has 0 spiro atoms. The standard InChI is InChI=1S/C20H37N3O4/c1-3-21-20(22-12-7-9-19(24)25-4-2)23-13-10-17(11-14-23)27-16-18-8-5-6-15-26-18/h17-18H,3-16H2,1-2H3,(H,21,22). The smallest absolute Gasteiger partial charge is 0.305 e. The van der Waals surface area contributed by atoms with Crippen LogP contribution in [0.2, 0.25) is 0 Å². The van der Waals surface area contributed by atoms with Crippen molar-refractivity contribution in [1.82, 2.24) is 10.2 Å². The van der Waals surface area contributed by atoms with Gasteiger partial charge in [-0.3, -0.25) is 9.79 Å². The van der Waals surface area contributed by atoms with Gasteiger partial charge in [0, 0.05) is 39.2 Å². The lowest BCUT2D eigenvalue weighted by atomic mass is 10.1. The Bertz CT molecular complexity index is 445. The monoisotopic (exact) mass is 383 g/mol. The van der Waals surface area contributed by atoms with E-state index in [0.29, 0.717) is 32.1 Å². The number of nitrogens with zero attached hydrogens (tertiary/aromatic N) is 2. The highest BCUT2D eigenvalue weighted by molar-refractivity contribution is 5.80. The minimum absolute atomic E-state index is 0.141. The molecule has 0 radical (unpaired) electrons. The Labute approximate surface area is 163 Å². The Hall–Kier alpha value is -1.34. The minimum Gasteiger partial charge on any atom is -0.466 e. The molecule has 1 unspecified atom stereocenters. The van der Waals surface area contributed by atoms with Crippen molar-refractivity contribution in [3.05, 3.63) is 0 Å². The van der Waals surface area contributed by atoms with Crippen LogP contribution < -0.4 is 5.32 Å². The quantitative estimate of drug-likeness (QED) is 0.285. The third kappa shape index (κ3) is 8.47. The van der Waals surface area contributed by atoms with Crippen LogP contribution in [0.4, 0.5) is 0 Å². The molecule has 0 aromatic rings. The van der Waals surface area contributed by atoms with Crippen molar-refractivity contribution in [3.8, 4) is 0 Å². The number of carbonyl (C=O) groups excluding carboxylic acids is 1. The van der Waals surface area contributed by atoms with Crippen LogP contribution in [-0.2, 0) is 19.0 Å². The molecule has 2 aliphatic rings. The number of hydrogen-bond donors (Lipinski definition) is 1. The lowest BCUT2D eigenvalue weighted by Crippen LogP contribution is -2.47. The second kappa shape index (κ2) is 12.9. The Morgan fingerprint density at radius 1 is 1.22 bits per heavy atom. The molecule has 2 saturated heterocycles. The van der Waals surface area contributed by atoms with Gasteiger partial charge in [0.2, 0.25) is 0 Å². The summed E-state index contributed by atoms with van der Waals surface area (Å²) in [5.41, 5.74) is 0. The van der Waals surface area contributed by atoms with E-state index in [1.165, 1.54) is 12.8 Å². The van der Waals surface area contributed by atoms with E-state index in [0.717, 1.165) is 58.1 Å². The number of rotatable bonds is 9. The molecular weight excluding hydrogens is 346 g/mol. The summed E-state index contributed by atoms with van der Waals surface area (Å²) in [5.74, 6) is 0.799. The summed E-state index contributed by atoms with van der Waals surface area (Å²) in [7, 11) is 0. The zero-order chi connectivity index (χ0) is 19.3. The van der Waals surface area contributed by atoms with Gasteiger partial charge in [-0.1, -0.05) is 0 Å². The first kappa shape index (κ1) is 22.0. The van der Waals surface area contributed by atoms with Gasteiger partial charge in [-0.2, -0.15) is 0 Å². The number of likely N-dealkylation sites (tertiary alicyclic amines) is 1. The van der Waals surface area contributed by atoms with Gasteiger partial charge >= 0.3 is 5.97 Å². The fourth-order valence-electron chi connectivity index (χ4n) is 3.48. The summed E-state index contributed by atoms with van der Waals surface area (Å²) >= 11 is 0. The number of piperidine rings is 1. The highest BCUT2D eigenvalue weighted by Crippen LogP contribution is 2.18. The van der Waals surface area contributed by atoms with Crippen LogP contribution in [0.15, 0.2) is 4.99 Å². The lowest BCUT2D eigenvalue weighted by molar-refractivity contribution is -0.143. The summed E-state index contributed by atoms with van der Waals surface area (Å²) < 4.78 is 16.8. The summed E-state index contributed by atoms with van der Waals surface area (Å²) in [4.78, 5) is 18.4. The van der Waals surface area contributed by atoms with E-state index in [9.17, 15) is 4.79 Å². The van der Waals surface area contributed by atoms with Gasteiger partial charge in [0.25, 0.3) is 0 Å². The molecule has 0 aromatic heterocycles. The Kier molecular flexibility index (Phi) is 10.5. The van der Waals surface area contributed by atoms with Gasteiger partial charge < -0.3 is 24.4 Å². The number of aliphatic imine (C=N–C) groups is 1. The zero-order valence-electron chi connectivity index (χ0n) is 17.1. The molecule has 1 N–H and O–H groups in total. The van der Waals surface area contributed by atoms with Crippen molar-refractivity contribution in [2.45, 2.75) is 71.0 Å². The summed E-state index contributed by atoms with van der Waals surface area (Å²) in [6, 6.07) is 0. The maximum atomic E-state index is 11.4. The normalized spacial score (nSPS) is 21.9. The largest absolute Gasteiger partial charge is 0.466 e. The minimum atomic E-state index is -0.141. The number of carbonyl (C=O) groups is 1. The maximum absolute atomic E-state index is 11.4. The Morgan fingerprint density at radius 3 is 2.70 bits per heavy atom. The molecule has 2 fully saturated rings. The van der Waals surface area contributed by atoms with Gasteiger partial charge in [-0.15, -0.1) is 0 Å². The van der Waals surface area contributed by atoms with Crippen LogP contribution in [0, 0.1) is 0 Å². The van der Waals surface area contributed by atoms with E-state index in [1.807, 2.05) is 6.92 Å². The van der Waals surface area contributed by atoms with Gasteiger partial charge in [0.1, 0.15) is 0 Å². The number of hydrogen-bond acceptors (Lipinski definition) is 5. The molecule has 1 atom stereocenters. The predicted molar refractivity (Wildman–Crippen MR) is 106 cm³/mol. The van der Waals surface area contributed by atoms with Crippen molar-refractivity contribution in [1.29, 1.82) is 0 Å². The SMILES string of the molecule is CCNC(=NCCCC(=O)OCC)N1CCC(OCC2CCCCO2)CC1. The van der Waals surface area contributed by atoms with Crippen LogP contribution in [0.1, 0.15) is 58.8 Å². The Morgan fingerprint density at radius 2 is 2.04 bits per heavy atom. The highest BCUT2D eigenvalue weighted by Gasteiger charge is 2.23. The number of nitrogens with one attached hydrogen (secondary N) is 1. The molecule has 0 amide bonds. The first-order valence-electron chi connectivity index (χ1n) is 10.6. The Balaban J connectivity index is 1.68. The molecule has 2 rings (SSSR count). The van der Waals surface area contributed by atoms with Crippen molar-refractivity contribution in [3.63, 3.8) is 0 Å². The van der Waals surface area contributed by atoms with E-state index >= 15 is 0 Å². The summed E-state index contributed by atoms with van der Waals surface area (Å²) in [6.45, 7) is 9.32. The molecule has 7 heteroatoms. The van der Waals surface area contributed by atoms with Crippen molar-refractivity contribution in [2.75, 3.05) is 46.0 Å². The van der Waals surface area contributed by atoms with E-state index in [1.54, 1.807) is 0 Å². The number of guanidine groups is 1. The van der Waals surface area contributed by atoms with Gasteiger partial charge in [0.15, 0.2) is 5.96 Å². The van der Waals surface area contributed by atoms with Gasteiger partial charge in [-0.25, -0.2) is 0 Å². The lowest BCUT2D eigenvalue weighted by Gasteiger charge is -2.35. The molecule has 156 valence electrons. The second-order valence-electron chi connectivity index (χ2n) is 7.15. The molecule has 0 aromatic carbocycles. The number of esters is 1. The predicted octanol–water partition coefficient (Wildman–Crippen LogP) is 2.35. The van der Waals surface area contributed by atoms with Gasteiger partial charge in [-0.05, 0) is 52.4 Å². The first-order valence-corrected chi connectivity index (χ1v) is 10.6. The molecule has 7 nitrogen and oxygen atoms in total. The molecule has 0 bridgehead atoms. The summed E-state index contributed by atoms with van der Waals surface area (Å²) in [6.07, 6.45) is 7.34.